The summed E-state index contributed by atoms with van der Waals surface area (Å²) in [5.74, 6) is -3.80. The molecule has 0 aromatic carbocycles. The van der Waals surface area contributed by atoms with Crippen LogP contribution in [0.25, 0.3) is 0 Å². The second-order valence-corrected chi connectivity index (χ2v) is 4.99. The molecule has 11 heteroatoms. The smallest absolute Gasteiger partial charge is 0.331 e. The molecule has 0 aliphatic carbocycles. The van der Waals surface area contributed by atoms with Crippen LogP contribution in [-0.4, -0.2) is 53.5 Å². The van der Waals surface area contributed by atoms with Gasteiger partial charge in [-0.3, -0.25) is 4.79 Å². The summed E-state index contributed by atoms with van der Waals surface area (Å²) in [5, 5.41) is 0. The molecule has 3 atom stereocenters. The molecule has 0 aromatic rings. The Morgan fingerprint density at radius 3 is 1.64 bits per heavy atom. The molecule has 0 saturated carbocycles. The van der Waals surface area contributed by atoms with Crippen molar-refractivity contribution in [1.82, 2.24) is 0 Å². The first-order valence-corrected chi connectivity index (χ1v) is 7.47. The van der Waals surface area contributed by atoms with Crippen molar-refractivity contribution in [3.63, 3.8) is 0 Å². The second-order valence-electron chi connectivity index (χ2n) is 4.26. The maximum absolute atomic E-state index is 11.5. The predicted octanol–water partition coefficient (Wildman–Crippen LogP) is -2.25. The number of carbonyl (C=O) groups excluding carboxylic acids is 4. The molecule has 0 aliphatic heterocycles. The van der Waals surface area contributed by atoms with Crippen molar-refractivity contribution < 1.29 is 28.7 Å². The first kappa shape index (κ1) is 20.9. The molecule has 22 heavy (non-hydrogen) atoms. The predicted molar refractivity (Wildman–Crippen MR) is 83.1 cm³/mol. The van der Waals surface area contributed by atoms with E-state index in [0.29, 0.717) is 0 Å². The summed E-state index contributed by atoms with van der Waals surface area (Å²) in [6.07, 6.45) is -0.501. The van der Waals surface area contributed by atoms with Gasteiger partial charge in [0.1, 0.15) is 18.1 Å². The molecular weight excluding hydrogens is 334 g/mol. The summed E-state index contributed by atoms with van der Waals surface area (Å²) >= 11 is 7.56. The minimum absolute atomic E-state index is 0.00118. The highest BCUT2D eigenvalue weighted by Crippen LogP contribution is 2.02. The van der Waals surface area contributed by atoms with E-state index in [1.54, 1.807) is 0 Å². The molecule has 0 saturated heterocycles. The van der Waals surface area contributed by atoms with Crippen molar-refractivity contribution in [2.24, 2.45) is 17.2 Å². The maximum Gasteiger partial charge on any atom is 0.331 e. The van der Waals surface area contributed by atoms with Crippen LogP contribution in [-0.2, 0) is 28.7 Å². The average Bonchev–Trinajstić information content (AvgIpc) is 2.50. The fraction of sp³-hybridized carbons (Fsp3) is 0.636. The van der Waals surface area contributed by atoms with Gasteiger partial charge in [0.2, 0.25) is 0 Å². The van der Waals surface area contributed by atoms with E-state index in [1.807, 2.05) is 0 Å². The zero-order chi connectivity index (χ0) is 17.3. The van der Waals surface area contributed by atoms with Crippen molar-refractivity contribution in [3.8, 4) is 0 Å². The molecule has 0 amide bonds. The fourth-order valence-corrected chi connectivity index (χ4v) is 1.33. The number of nitrogens with two attached hydrogens (primary N) is 3. The zero-order valence-electron chi connectivity index (χ0n) is 11.6. The lowest BCUT2D eigenvalue weighted by Crippen LogP contribution is -2.40. The zero-order valence-corrected chi connectivity index (χ0v) is 13.4. The minimum Gasteiger partial charge on any atom is -0.392 e. The number of rotatable bonds is 8. The quantitative estimate of drug-likeness (QED) is 0.184. The van der Waals surface area contributed by atoms with Gasteiger partial charge >= 0.3 is 23.9 Å². The first-order chi connectivity index (χ1) is 10.2. The Balaban J connectivity index is 4.19. The molecule has 0 spiro atoms. The molecular formula is C11H19N3O6S2. The lowest BCUT2D eigenvalue weighted by Gasteiger charge is -2.12. The molecule has 0 aliphatic rings. The Bertz CT molecular complexity index is 434. The number of carbonyl (C=O) groups is 4. The van der Waals surface area contributed by atoms with Crippen LogP contribution < -0.4 is 17.2 Å². The first-order valence-electron chi connectivity index (χ1n) is 6.21. The lowest BCUT2D eigenvalue weighted by molar-refractivity contribution is -0.161. The van der Waals surface area contributed by atoms with Gasteiger partial charge in [0.05, 0.1) is 0 Å². The Morgan fingerprint density at radius 1 is 0.773 bits per heavy atom. The molecule has 0 radical (unpaired) electrons. The summed E-state index contributed by atoms with van der Waals surface area (Å²) in [6, 6.07) is -3.31. The molecule has 0 heterocycles. The molecule has 0 fully saturated rings. The Hall–Kier alpha value is -1.14. The summed E-state index contributed by atoms with van der Waals surface area (Å²) < 4.78 is 8.82. The molecule has 126 valence electrons. The van der Waals surface area contributed by atoms with Gasteiger partial charge in [0, 0.05) is 17.9 Å². The van der Waals surface area contributed by atoms with E-state index in [0.717, 1.165) is 0 Å². The van der Waals surface area contributed by atoms with Gasteiger partial charge in [0.25, 0.3) is 0 Å². The normalized spacial score (nSPS) is 14.6. The molecule has 0 rings (SSSR count). The third-order valence-corrected chi connectivity index (χ3v) is 3.16. The Morgan fingerprint density at radius 2 is 1.18 bits per heavy atom. The average molecular weight is 353 g/mol. The van der Waals surface area contributed by atoms with Crippen molar-refractivity contribution in [2.75, 3.05) is 11.5 Å². The fourth-order valence-electron chi connectivity index (χ4n) is 1.03. The van der Waals surface area contributed by atoms with Crippen LogP contribution in [0.5, 0.6) is 0 Å². The highest BCUT2D eigenvalue weighted by Gasteiger charge is 2.24. The van der Waals surface area contributed by atoms with Crippen molar-refractivity contribution in [3.05, 3.63) is 0 Å². The van der Waals surface area contributed by atoms with E-state index in [-0.39, 0.29) is 24.3 Å². The molecule has 9 nitrogen and oxygen atoms in total. The highest BCUT2D eigenvalue weighted by molar-refractivity contribution is 7.80. The number of ether oxygens (including phenoxy) is 2. The van der Waals surface area contributed by atoms with E-state index < -0.39 is 42.0 Å². The van der Waals surface area contributed by atoms with Crippen LogP contribution in [0.1, 0.15) is 12.8 Å². The van der Waals surface area contributed by atoms with Crippen LogP contribution >= 0.6 is 25.3 Å². The van der Waals surface area contributed by atoms with Crippen molar-refractivity contribution in [2.45, 2.75) is 31.0 Å². The topological polar surface area (TPSA) is 165 Å². The van der Waals surface area contributed by atoms with E-state index in [1.165, 1.54) is 0 Å². The number of hydrogen-bond donors (Lipinski definition) is 5. The van der Waals surface area contributed by atoms with Crippen LogP contribution in [0, 0.1) is 0 Å². The Kier molecular flexibility index (Phi) is 10.0. The van der Waals surface area contributed by atoms with Gasteiger partial charge < -0.3 is 26.7 Å². The van der Waals surface area contributed by atoms with Gasteiger partial charge in [-0.1, -0.05) is 0 Å². The maximum atomic E-state index is 11.5. The Labute approximate surface area is 138 Å². The highest BCUT2D eigenvalue weighted by atomic mass is 32.1. The van der Waals surface area contributed by atoms with Gasteiger partial charge in [-0.05, 0) is 6.42 Å². The largest absolute Gasteiger partial charge is 0.392 e. The van der Waals surface area contributed by atoms with Gasteiger partial charge in [-0.25, -0.2) is 14.4 Å². The van der Waals surface area contributed by atoms with Crippen LogP contribution in [0.4, 0.5) is 0 Å². The third-order valence-electron chi connectivity index (χ3n) is 2.38. The van der Waals surface area contributed by atoms with Crippen molar-refractivity contribution in [1.29, 1.82) is 0 Å². The lowest BCUT2D eigenvalue weighted by atomic mass is 10.2. The minimum atomic E-state index is -1.24. The SMILES string of the molecule is N[C@@H](CS)C(=O)OC(=O)CC[C@H](N)C(=O)OC(=O)[C@@H](N)CS. The van der Waals surface area contributed by atoms with E-state index in [4.69, 9.17) is 17.2 Å². The van der Waals surface area contributed by atoms with E-state index in [9.17, 15) is 19.2 Å². The number of esters is 4. The molecule has 0 aromatic heterocycles. The molecule has 6 N–H and O–H groups in total. The van der Waals surface area contributed by atoms with Crippen molar-refractivity contribution >= 4 is 49.1 Å². The standard InChI is InChI=1S/C11H19N3O6S2/c12-5(9(16)20-11(18)7(14)4-22)1-2-8(15)19-10(17)6(13)3-21/h5-7,21-22H,1-4,12-14H2/t5-,6-,7-/m0/s1. The number of thiol groups is 2. The van der Waals surface area contributed by atoms with Crippen LogP contribution in [0.15, 0.2) is 0 Å². The number of hydrogen-bond acceptors (Lipinski definition) is 11. The summed E-state index contributed by atoms with van der Waals surface area (Å²) in [7, 11) is 0. The third kappa shape index (κ3) is 7.75. The van der Waals surface area contributed by atoms with Gasteiger partial charge in [-0.15, -0.1) is 0 Å². The molecule has 0 bridgehead atoms. The molecule has 0 unspecified atom stereocenters. The van der Waals surface area contributed by atoms with E-state index >= 15 is 0 Å². The van der Waals surface area contributed by atoms with Gasteiger partial charge in [-0.2, -0.15) is 25.3 Å². The monoisotopic (exact) mass is 353 g/mol. The van der Waals surface area contributed by atoms with Crippen LogP contribution in [0.2, 0.25) is 0 Å². The van der Waals surface area contributed by atoms with Crippen LogP contribution in [0.3, 0.4) is 0 Å². The van der Waals surface area contributed by atoms with E-state index in [2.05, 4.69) is 34.7 Å². The summed E-state index contributed by atoms with van der Waals surface area (Å²) in [6.45, 7) is 0. The second kappa shape index (κ2) is 10.6. The summed E-state index contributed by atoms with van der Waals surface area (Å²) in [5.41, 5.74) is 16.1. The summed E-state index contributed by atoms with van der Waals surface area (Å²) in [4.78, 5) is 45.3. The van der Waals surface area contributed by atoms with Gasteiger partial charge in [0.15, 0.2) is 0 Å².